The number of carbonyl (C=O) groups is 3. The Labute approximate surface area is 137 Å². The van der Waals surface area contributed by atoms with Gasteiger partial charge < -0.3 is 15.2 Å². The Bertz CT molecular complexity index is 559. The Morgan fingerprint density at radius 3 is 2.29 bits per heavy atom. The Balaban J connectivity index is 2.54. The van der Waals surface area contributed by atoms with Crippen LogP contribution in [0.1, 0.15) is 0 Å². The van der Waals surface area contributed by atoms with Crippen LogP contribution in [0.2, 0.25) is 10.0 Å². The van der Waals surface area contributed by atoms with Crippen molar-refractivity contribution in [2.24, 2.45) is 0 Å². The molecule has 0 aliphatic heterocycles. The van der Waals surface area contributed by atoms with Crippen LogP contribution in [0.4, 0.5) is 10.5 Å². The van der Waals surface area contributed by atoms with E-state index in [0.717, 1.165) is 0 Å². The van der Waals surface area contributed by atoms with E-state index in [1.54, 1.807) is 0 Å². The van der Waals surface area contributed by atoms with Gasteiger partial charge in [0.25, 0.3) is 5.91 Å². The van der Waals surface area contributed by atoms with Gasteiger partial charge in [0.15, 0.2) is 0 Å². The predicted molar refractivity (Wildman–Crippen MR) is 79.8 cm³/mol. The number of carboxylic acids is 1. The van der Waals surface area contributed by atoms with Crippen molar-refractivity contribution in [2.75, 3.05) is 18.5 Å². The minimum atomic E-state index is -1.22. The van der Waals surface area contributed by atoms with Crippen LogP contribution in [0.25, 0.3) is 0 Å². The van der Waals surface area contributed by atoms with E-state index in [9.17, 15) is 14.4 Å². The van der Waals surface area contributed by atoms with Gasteiger partial charge in [-0.3, -0.25) is 10.1 Å². The molecular formula is C11H9BrCl2N2O5. The van der Waals surface area contributed by atoms with Crippen LogP contribution in [-0.4, -0.2) is 36.2 Å². The Kier molecular flexibility index (Phi) is 6.90. The van der Waals surface area contributed by atoms with E-state index < -0.39 is 31.1 Å². The summed E-state index contributed by atoms with van der Waals surface area (Å²) in [6.07, 6.45) is 0. The van der Waals surface area contributed by atoms with Gasteiger partial charge in [-0.05, 0) is 12.1 Å². The summed E-state index contributed by atoms with van der Waals surface area (Å²) in [4.78, 5) is 33.0. The lowest BCUT2D eigenvalue weighted by molar-refractivity contribution is -0.143. The minimum absolute atomic E-state index is 0.137. The second-order valence-corrected chi connectivity index (χ2v) is 5.36. The van der Waals surface area contributed by atoms with E-state index in [4.69, 9.17) is 28.3 Å². The van der Waals surface area contributed by atoms with E-state index in [2.05, 4.69) is 26.0 Å². The third-order valence-electron chi connectivity index (χ3n) is 1.96. The average Bonchev–Trinajstić information content (AvgIpc) is 2.33. The van der Waals surface area contributed by atoms with Crippen LogP contribution in [0.15, 0.2) is 16.6 Å². The molecule has 0 unspecified atom stereocenters. The third-order valence-corrected chi connectivity index (χ3v) is 3.01. The van der Waals surface area contributed by atoms with Crippen LogP contribution in [0, 0.1) is 0 Å². The fraction of sp³-hybridized carbons (Fsp3) is 0.182. The van der Waals surface area contributed by atoms with Gasteiger partial charge in [0.2, 0.25) is 0 Å². The molecule has 1 aromatic rings. The monoisotopic (exact) mass is 398 g/mol. The molecule has 0 aromatic heterocycles. The topological polar surface area (TPSA) is 105 Å². The lowest BCUT2D eigenvalue weighted by Gasteiger charge is -2.10. The molecule has 1 aromatic carbocycles. The van der Waals surface area contributed by atoms with Gasteiger partial charge in [-0.2, -0.15) is 0 Å². The number of amides is 3. The second-order valence-electron chi connectivity index (χ2n) is 3.63. The fourth-order valence-corrected chi connectivity index (χ4v) is 2.50. The van der Waals surface area contributed by atoms with Crippen molar-refractivity contribution >= 4 is 62.7 Å². The van der Waals surface area contributed by atoms with Gasteiger partial charge in [-0.15, -0.1) is 0 Å². The van der Waals surface area contributed by atoms with Crippen molar-refractivity contribution in [1.29, 1.82) is 0 Å². The molecule has 0 saturated heterocycles. The number of hydrogen-bond acceptors (Lipinski definition) is 4. The van der Waals surface area contributed by atoms with Gasteiger partial charge in [0.1, 0.15) is 13.2 Å². The third kappa shape index (κ3) is 6.30. The summed E-state index contributed by atoms with van der Waals surface area (Å²) in [7, 11) is 0. The van der Waals surface area contributed by atoms with Crippen LogP contribution >= 0.6 is 39.1 Å². The van der Waals surface area contributed by atoms with Gasteiger partial charge in [0, 0.05) is 4.47 Å². The van der Waals surface area contributed by atoms with Gasteiger partial charge in [-0.1, -0.05) is 39.1 Å². The van der Waals surface area contributed by atoms with Gasteiger partial charge in [-0.25, -0.2) is 9.59 Å². The summed E-state index contributed by atoms with van der Waals surface area (Å²) in [6, 6.07) is 2.16. The molecule has 0 fully saturated rings. The number of ether oxygens (including phenoxy) is 1. The number of halogens is 3. The Morgan fingerprint density at radius 1 is 1.19 bits per heavy atom. The molecule has 0 heterocycles. The van der Waals surface area contributed by atoms with Gasteiger partial charge in [0.05, 0.1) is 15.7 Å². The van der Waals surface area contributed by atoms with E-state index in [1.807, 2.05) is 5.32 Å². The molecule has 3 amide bonds. The molecule has 21 heavy (non-hydrogen) atoms. The molecule has 3 N–H and O–H groups in total. The maximum atomic E-state index is 11.6. The number of benzene rings is 1. The number of urea groups is 1. The van der Waals surface area contributed by atoms with Crippen molar-refractivity contribution in [3.63, 3.8) is 0 Å². The van der Waals surface area contributed by atoms with E-state index >= 15 is 0 Å². The molecule has 10 heteroatoms. The first-order valence-electron chi connectivity index (χ1n) is 5.34. The predicted octanol–water partition coefficient (Wildman–Crippen LogP) is 2.51. The molecule has 114 valence electrons. The molecule has 0 saturated carbocycles. The van der Waals surface area contributed by atoms with E-state index in [0.29, 0.717) is 4.47 Å². The highest BCUT2D eigenvalue weighted by Gasteiger charge is 2.13. The van der Waals surface area contributed by atoms with Crippen LogP contribution in [0.3, 0.4) is 0 Å². The molecule has 0 aliphatic rings. The molecule has 0 aliphatic carbocycles. The number of carbonyl (C=O) groups excluding carboxylic acids is 2. The summed E-state index contributed by atoms with van der Waals surface area (Å²) in [5.41, 5.74) is 0.137. The van der Waals surface area contributed by atoms with Crippen LogP contribution < -0.4 is 10.6 Å². The van der Waals surface area contributed by atoms with Crippen molar-refractivity contribution in [1.82, 2.24) is 5.32 Å². The summed E-state index contributed by atoms with van der Waals surface area (Å²) < 4.78 is 5.15. The lowest BCUT2D eigenvalue weighted by Crippen LogP contribution is -2.37. The second kappa shape index (κ2) is 8.18. The molecule has 0 atom stereocenters. The van der Waals surface area contributed by atoms with E-state index in [-0.39, 0.29) is 15.7 Å². The molecule has 1 rings (SSSR count). The van der Waals surface area contributed by atoms with E-state index in [1.165, 1.54) is 12.1 Å². The highest BCUT2D eigenvalue weighted by molar-refractivity contribution is 9.10. The smallest absolute Gasteiger partial charge is 0.329 e. The number of anilines is 1. The maximum absolute atomic E-state index is 11.6. The number of hydrogen-bond donors (Lipinski definition) is 3. The number of imide groups is 1. The Morgan fingerprint density at radius 2 is 1.76 bits per heavy atom. The number of rotatable bonds is 5. The maximum Gasteiger partial charge on any atom is 0.329 e. The normalized spacial score (nSPS) is 10.0. The number of nitrogens with one attached hydrogen (secondary N) is 2. The first-order chi connectivity index (χ1) is 9.79. The highest BCUT2D eigenvalue weighted by atomic mass is 79.9. The number of aliphatic carboxylic acids is 1. The highest BCUT2D eigenvalue weighted by Crippen LogP contribution is 2.33. The average molecular weight is 400 g/mol. The summed E-state index contributed by atoms with van der Waals surface area (Å²) in [6.45, 7) is -1.21. The zero-order chi connectivity index (χ0) is 16.0. The molecule has 0 radical (unpaired) electrons. The van der Waals surface area contributed by atoms with Gasteiger partial charge >= 0.3 is 12.0 Å². The number of carboxylic acid groups (broad SMARTS) is 1. The fourth-order valence-electron chi connectivity index (χ4n) is 1.20. The zero-order valence-corrected chi connectivity index (χ0v) is 13.4. The quantitative estimate of drug-likeness (QED) is 0.705. The molecule has 7 nitrogen and oxygen atoms in total. The molecule has 0 spiro atoms. The summed E-state index contributed by atoms with van der Waals surface area (Å²) in [5.74, 6) is -2.03. The lowest BCUT2D eigenvalue weighted by atomic mass is 10.3. The first-order valence-corrected chi connectivity index (χ1v) is 6.89. The first kappa shape index (κ1) is 17.7. The van der Waals surface area contributed by atoms with Crippen LogP contribution in [0.5, 0.6) is 0 Å². The molecule has 0 bridgehead atoms. The summed E-state index contributed by atoms with van der Waals surface area (Å²) >= 11 is 15.0. The largest absolute Gasteiger partial charge is 0.480 e. The molecular weight excluding hydrogens is 391 g/mol. The minimum Gasteiger partial charge on any atom is -0.480 e. The SMILES string of the molecule is O=C(O)COCC(=O)NC(=O)Nc1c(Cl)cc(Br)cc1Cl. The standard InChI is InChI=1S/C11H9BrCl2N2O5/c12-5-1-6(13)10(7(14)2-5)16-11(20)15-8(17)3-21-4-9(18)19/h1-2H,3-4H2,(H,18,19)(H2,15,16,17,20). The van der Waals surface area contributed by atoms with Crippen molar-refractivity contribution in [3.05, 3.63) is 26.7 Å². The van der Waals surface area contributed by atoms with Crippen LogP contribution in [-0.2, 0) is 14.3 Å². The van der Waals surface area contributed by atoms with Crippen molar-refractivity contribution in [3.8, 4) is 0 Å². The zero-order valence-electron chi connectivity index (χ0n) is 10.3. The summed E-state index contributed by atoms with van der Waals surface area (Å²) in [5, 5.41) is 12.9. The van der Waals surface area contributed by atoms with Crippen molar-refractivity contribution < 1.29 is 24.2 Å². The van der Waals surface area contributed by atoms with Crippen molar-refractivity contribution in [2.45, 2.75) is 0 Å². The Hall–Kier alpha value is -1.35.